The lowest BCUT2D eigenvalue weighted by molar-refractivity contribution is -0.115. The Morgan fingerprint density at radius 3 is 2.50 bits per heavy atom. The molecule has 2 aromatic carbocycles. The van der Waals surface area contributed by atoms with Crippen molar-refractivity contribution >= 4 is 46.4 Å². The molecule has 0 saturated heterocycles. The van der Waals surface area contributed by atoms with Crippen molar-refractivity contribution in [1.29, 1.82) is 0 Å². The number of halogens is 3. The SMILES string of the molecule is O=C1Cc2cc(C(Cl)c3c(Cl)cccc3Cl)ccc2N1. The number of amides is 1. The molecule has 0 bridgehead atoms. The van der Waals surface area contributed by atoms with Gasteiger partial charge in [-0.05, 0) is 29.3 Å². The Labute approximate surface area is 131 Å². The molecule has 0 saturated carbocycles. The van der Waals surface area contributed by atoms with E-state index in [9.17, 15) is 4.79 Å². The molecule has 2 nitrogen and oxygen atoms in total. The van der Waals surface area contributed by atoms with Crippen LogP contribution in [0.2, 0.25) is 10.0 Å². The molecule has 5 heteroatoms. The van der Waals surface area contributed by atoms with Crippen LogP contribution in [0, 0.1) is 0 Å². The molecule has 1 N–H and O–H groups in total. The number of hydrogen-bond donors (Lipinski definition) is 1. The summed E-state index contributed by atoms with van der Waals surface area (Å²) in [5, 5.41) is 3.41. The van der Waals surface area contributed by atoms with E-state index in [0.717, 1.165) is 16.8 Å². The normalized spacial score (nSPS) is 14.8. The highest BCUT2D eigenvalue weighted by Gasteiger charge is 2.22. The van der Waals surface area contributed by atoms with Crippen LogP contribution < -0.4 is 5.32 Å². The van der Waals surface area contributed by atoms with Crippen molar-refractivity contribution in [2.45, 2.75) is 11.8 Å². The number of hydrogen-bond acceptors (Lipinski definition) is 1. The number of benzene rings is 2. The molecule has 2 aromatic rings. The lowest BCUT2D eigenvalue weighted by Gasteiger charge is -2.15. The molecule has 1 aliphatic heterocycles. The average molecular weight is 327 g/mol. The molecule has 0 aliphatic carbocycles. The minimum atomic E-state index is -0.447. The third-order valence-corrected chi connectivity index (χ3v) is 4.43. The van der Waals surface area contributed by atoms with E-state index in [1.54, 1.807) is 18.2 Å². The second kappa shape index (κ2) is 5.28. The van der Waals surface area contributed by atoms with Crippen molar-refractivity contribution in [3.8, 4) is 0 Å². The molecule has 0 fully saturated rings. The standard InChI is InChI=1S/C15H10Cl3NO/c16-10-2-1-3-11(17)14(10)15(18)8-4-5-12-9(6-8)7-13(20)19-12/h1-6,15H,7H2,(H,19,20). The molecule has 1 aliphatic rings. The Kier molecular flexibility index (Phi) is 3.63. The predicted octanol–water partition coefficient (Wildman–Crippen LogP) is 4.82. The summed E-state index contributed by atoms with van der Waals surface area (Å²) in [5.41, 5.74) is 3.35. The van der Waals surface area contributed by atoms with Gasteiger partial charge in [-0.15, -0.1) is 11.6 Å². The van der Waals surface area contributed by atoms with Gasteiger partial charge < -0.3 is 5.32 Å². The van der Waals surface area contributed by atoms with Crippen LogP contribution in [-0.2, 0) is 11.2 Å². The third-order valence-electron chi connectivity index (χ3n) is 3.30. The number of fused-ring (bicyclic) bond motifs is 1. The number of anilines is 1. The Morgan fingerprint density at radius 2 is 1.80 bits per heavy atom. The number of rotatable bonds is 2. The predicted molar refractivity (Wildman–Crippen MR) is 82.9 cm³/mol. The highest BCUT2D eigenvalue weighted by Crippen LogP contribution is 2.39. The van der Waals surface area contributed by atoms with E-state index >= 15 is 0 Å². The maximum atomic E-state index is 11.4. The fourth-order valence-electron chi connectivity index (χ4n) is 2.33. The van der Waals surface area contributed by atoms with Gasteiger partial charge in [-0.2, -0.15) is 0 Å². The highest BCUT2D eigenvalue weighted by atomic mass is 35.5. The summed E-state index contributed by atoms with van der Waals surface area (Å²) in [4.78, 5) is 11.4. The van der Waals surface area contributed by atoms with Crippen LogP contribution in [0.1, 0.15) is 22.1 Å². The van der Waals surface area contributed by atoms with E-state index in [4.69, 9.17) is 34.8 Å². The lowest BCUT2D eigenvalue weighted by atomic mass is 10.0. The van der Waals surface area contributed by atoms with E-state index in [0.29, 0.717) is 22.0 Å². The monoisotopic (exact) mass is 325 g/mol. The summed E-state index contributed by atoms with van der Waals surface area (Å²) in [5.74, 6) is -0.000881. The van der Waals surface area contributed by atoms with Gasteiger partial charge in [-0.3, -0.25) is 4.79 Å². The second-order valence-corrected chi connectivity index (χ2v) is 5.89. The van der Waals surface area contributed by atoms with Gasteiger partial charge in [0.25, 0.3) is 0 Å². The summed E-state index contributed by atoms with van der Waals surface area (Å²) in [6.07, 6.45) is 0.378. The van der Waals surface area contributed by atoms with Gasteiger partial charge >= 0.3 is 0 Å². The van der Waals surface area contributed by atoms with Crippen LogP contribution in [0.3, 0.4) is 0 Å². The Hall–Kier alpha value is -1.22. The first-order valence-electron chi connectivity index (χ1n) is 6.07. The van der Waals surface area contributed by atoms with E-state index in [-0.39, 0.29) is 5.91 Å². The van der Waals surface area contributed by atoms with Gasteiger partial charge in [-0.1, -0.05) is 41.4 Å². The third kappa shape index (κ3) is 2.39. The molecule has 1 atom stereocenters. The topological polar surface area (TPSA) is 29.1 Å². The quantitative estimate of drug-likeness (QED) is 0.788. The Balaban J connectivity index is 2.02. The van der Waals surface area contributed by atoms with Crippen LogP contribution in [0.25, 0.3) is 0 Å². The first-order valence-corrected chi connectivity index (χ1v) is 7.26. The summed E-state index contributed by atoms with van der Waals surface area (Å²) in [6.45, 7) is 0. The largest absolute Gasteiger partial charge is 0.326 e. The van der Waals surface area contributed by atoms with Crippen molar-refractivity contribution < 1.29 is 4.79 Å². The fraction of sp³-hybridized carbons (Fsp3) is 0.133. The molecule has 0 radical (unpaired) electrons. The lowest BCUT2D eigenvalue weighted by Crippen LogP contribution is -2.03. The van der Waals surface area contributed by atoms with Crippen molar-refractivity contribution in [1.82, 2.24) is 0 Å². The number of carbonyl (C=O) groups excluding carboxylic acids is 1. The smallest absolute Gasteiger partial charge is 0.228 e. The van der Waals surface area contributed by atoms with E-state index in [2.05, 4.69) is 5.32 Å². The van der Waals surface area contributed by atoms with Crippen LogP contribution in [-0.4, -0.2) is 5.91 Å². The number of carbonyl (C=O) groups is 1. The van der Waals surface area contributed by atoms with Gasteiger partial charge in [0.15, 0.2) is 0 Å². The van der Waals surface area contributed by atoms with E-state index < -0.39 is 5.38 Å². The minimum absolute atomic E-state index is 0.000881. The summed E-state index contributed by atoms with van der Waals surface area (Å²) < 4.78 is 0. The van der Waals surface area contributed by atoms with E-state index in [1.165, 1.54) is 0 Å². The second-order valence-electron chi connectivity index (χ2n) is 4.64. The molecular weight excluding hydrogens is 317 g/mol. The molecule has 3 rings (SSSR count). The molecule has 1 unspecified atom stereocenters. The fourth-order valence-corrected chi connectivity index (χ4v) is 3.42. The summed E-state index contributed by atoms with van der Waals surface area (Å²) >= 11 is 18.9. The van der Waals surface area contributed by atoms with Crippen LogP contribution in [0.5, 0.6) is 0 Å². The maximum Gasteiger partial charge on any atom is 0.228 e. The highest BCUT2D eigenvalue weighted by molar-refractivity contribution is 6.38. The summed E-state index contributed by atoms with van der Waals surface area (Å²) in [7, 11) is 0. The van der Waals surface area contributed by atoms with Crippen LogP contribution >= 0.6 is 34.8 Å². The maximum absolute atomic E-state index is 11.4. The Bertz CT molecular complexity index is 679. The van der Waals surface area contributed by atoms with Crippen LogP contribution in [0.15, 0.2) is 36.4 Å². The van der Waals surface area contributed by atoms with Gasteiger partial charge in [0, 0.05) is 21.3 Å². The molecular formula is C15H10Cl3NO. The van der Waals surface area contributed by atoms with Gasteiger partial charge in [0.2, 0.25) is 5.91 Å². The minimum Gasteiger partial charge on any atom is -0.326 e. The Morgan fingerprint density at radius 1 is 1.10 bits per heavy atom. The van der Waals surface area contributed by atoms with Crippen molar-refractivity contribution in [2.75, 3.05) is 5.32 Å². The first kappa shape index (κ1) is 13.7. The van der Waals surface area contributed by atoms with Crippen LogP contribution in [0.4, 0.5) is 5.69 Å². The number of nitrogens with one attached hydrogen (secondary N) is 1. The number of alkyl halides is 1. The zero-order chi connectivity index (χ0) is 14.3. The molecule has 102 valence electrons. The molecule has 0 aromatic heterocycles. The van der Waals surface area contributed by atoms with Crippen molar-refractivity contribution in [3.05, 3.63) is 63.1 Å². The molecule has 1 heterocycles. The van der Waals surface area contributed by atoms with Gasteiger partial charge in [0.1, 0.15) is 0 Å². The van der Waals surface area contributed by atoms with Crippen molar-refractivity contribution in [2.24, 2.45) is 0 Å². The average Bonchev–Trinajstić information content (AvgIpc) is 2.77. The summed E-state index contributed by atoms with van der Waals surface area (Å²) in [6, 6.07) is 11.0. The van der Waals surface area contributed by atoms with Gasteiger partial charge in [0.05, 0.1) is 11.8 Å². The molecule has 1 amide bonds. The van der Waals surface area contributed by atoms with Gasteiger partial charge in [-0.25, -0.2) is 0 Å². The first-order chi connectivity index (χ1) is 9.56. The molecule has 20 heavy (non-hydrogen) atoms. The van der Waals surface area contributed by atoms with Crippen molar-refractivity contribution in [3.63, 3.8) is 0 Å². The van der Waals surface area contributed by atoms with E-state index in [1.807, 2.05) is 18.2 Å². The zero-order valence-electron chi connectivity index (χ0n) is 10.3. The zero-order valence-corrected chi connectivity index (χ0v) is 12.6. The molecule has 0 spiro atoms.